The van der Waals surface area contributed by atoms with Crippen LogP contribution in [0, 0.1) is 11.8 Å². The molecule has 6 heteroatoms. The summed E-state index contributed by atoms with van der Waals surface area (Å²) in [6.45, 7) is 5.45. The van der Waals surface area contributed by atoms with Gasteiger partial charge in [-0.1, -0.05) is 6.92 Å². The van der Waals surface area contributed by atoms with Crippen molar-refractivity contribution in [3.63, 3.8) is 0 Å². The van der Waals surface area contributed by atoms with Crippen molar-refractivity contribution in [3.8, 4) is 0 Å². The lowest BCUT2D eigenvalue weighted by Gasteiger charge is -2.51. The van der Waals surface area contributed by atoms with E-state index in [1.165, 1.54) is 0 Å². The van der Waals surface area contributed by atoms with Crippen LogP contribution in [0.1, 0.15) is 39.5 Å². The molecule has 0 radical (unpaired) electrons. The normalized spacial score (nSPS) is 39.4. The first kappa shape index (κ1) is 16.2. The van der Waals surface area contributed by atoms with Crippen LogP contribution in [-0.2, 0) is 9.53 Å². The van der Waals surface area contributed by atoms with Gasteiger partial charge in [0.05, 0.1) is 31.7 Å². The number of carboxylic acid groups (broad SMARTS) is 1. The molecule has 1 heterocycles. The maximum atomic E-state index is 12.6. The quantitative estimate of drug-likeness (QED) is 0.769. The Morgan fingerprint density at radius 3 is 2.48 bits per heavy atom. The van der Waals surface area contributed by atoms with Gasteiger partial charge < -0.3 is 15.6 Å². The standard InChI is InChI=1S/C15H26N2O4/c1-3-21-15(20)17(13-4-10(2)5-13)8-11(7-14(18)19)6-12(16)9-17/h10-13H,3-9,16H2,1-2H3/p+1. The molecule has 1 saturated heterocycles. The van der Waals surface area contributed by atoms with Gasteiger partial charge in [0, 0.05) is 18.8 Å². The number of piperidine rings is 1. The molecule has 120 valence electrons. The van der Waals surface area contributed by atoms with Crippen molar-refractivity contribution >= 4 is 12.1 Å². The number of ether oxygens (including phenoxy) is 1. The van der Waals surface area contributed by atoms with Crippen LogP contribution in [0.15, 0.2) is 0 Å². The van der Waals surface area contributed by atoms with Crippen molar-refractivity contribution in [1.82, 2.24) is 0 Å². The van der Waals surface area contributed by atoms with Crippen molar-refractivity contribution in [1.29, 1.82) is 0 Å². The van der Waals surface area contributed by atoms with E-state index in [1.807, 2.05) is 0 Å². The number of rotatable bonds is 4. The van der Waals surface area contributed by atoms with Crippen molar-refractivity contribution < 1.29 is 23.9 Å². The highest BCUT2D eigenvalue weighted by Crippen LogP contribution is 2.40. The molecule has 2 aliphatic rings. The Labute approximate surface area is 125 Å². The second-order valence-corrected chi connectivity index (χ2v) is 6.79. The van der Waals surface area contributed by atoms with E-state index >= 15 is 0 Å². The first-order valence-corrected chi connectivity index (χ1v) is 7.88. The molecule has 2 rings (SSSR count). The van der Waals surface area contributed by atoms with Crippen LogP contribution in [0.2, 0.25) is 0 Å². The zero-order valence-electron chi connectivity index (χ0n) is 13.0. The molecule has 1 aliphatic carbocycles. The van der Waals surface area contributed by atoms with Crippen LogP contribution in [0.5, 0.6) is 0 Å². The predicted octanol–water partition coefficient (Wildman–Crippen LogP) is 1.58. The van der Waals surface area contributed by atoms with Crippen LogP contribution in [0.4, 0.5) is 4.79 Å². The number of hydrogen-bond acceptors (Lipinski definition) is 4. The molecule has 0 bridgehead atoms. The number of carbonyl (C=O) groups is 2. The lowest BCUT2D eigenvalue weighted by molar-refractivity contribution is -0.899. The monoisotopic (exact) mass is 299 g/mol. The van der Waals surface area contributed by atoms with Crippen molar-refractivity contribution in [3.05, 3.63) is 0 Å². The molecule has 2 fully saturated rings. The number of likely N-dealkylation sites (tertiary alicyclic amines) is 1. The topological polar surface area (TPSA) is 89.6 Å². The van der Waals surface area contributed by atoms with E-state index in [-0.39, 0.29) is 35.0 Å². The lowest BCUT2D eigenvalue weighted by atomic mass is 9.76. The van der Waals surface area contributed by atoms with Gasteiger partial charge in [0.1, 0.15) is 6.54 Å². The van der Waals surface area contributed by atoms with Gasteiger partial charge in [-0.3, -0.25) is 4.79 Å². The molecular weight excluding hydrogens is 272 g/mol. The summed E-state index contributed by atoms with van der Waals surface area (Å²) in [5.41, 5.74) is 6.15. The number of nitrogens with two attached hydrogens (primary N) is 1. The van der Waals surface area contributed by atoms with Crippen molar-refractivity contribution in [2.24, 2.45) is 17.6 Å². The zero-order chi connectivity index (χ0) is 15.6. The van der Waals surface area contributed by atoms with Crippen LogP contribution >= 0.6 is 0 Å². The average molecular weight is 299 g/mol. The highest BCUT2D eigenvalue weighted by Gasteiger charge is 2.54. The number of amides is 1. The third-order valence-corrected chi connectivity index (χ3v) is 4.92. The van der Waals surface area contributed by atoms with Gasteiger partial charge in [-0.15, -0.1) is 0 Å². The smallest absolute Gasteiger partial charge is 0.481 e. The van der Waals surface area contributed by atoms with Gasteiger partial charge in [0.25, 0.3) is 0 Å². The Morgan fingerprint density at radius 2 is 1.95 bits per heavy atom. The molecule has 0 aromatic heterocycles. The van der Waals surface area contributed by atoms with Gasteiger partial charge in [0.15, 0.2) is 0 Å². The fourth-order valence-electron chi connectivity index (χ4n) is 4.04. The van der Waals surface area contributed by atoms with Gasteiger partial charge >= 0.3 is 12.1 Å². The largest absolute Gasteiger partial charge is 0.516 e. The molecule has 0 aromatic carbocycles. The van der Waals surface area contributed by atoms with E-state index < -0.39 is 5.97 Å². The van der Waals surface area contributed by atoms with Crippen LogP contribution < -0.4 is 5.73 Å². The van der Waals surface area contributed by atoms with Crippen molar-refractivity contribution in [2.45, 2.75) is 51.6 Å². The molecule has 3 unspecified atom stereocenters. The molecule has 0 aromatic rings. The minimum atomic E-state index is -0.821. The summed E-state index contributed by atoms with van der Waals surface area (Å²) < 4.78 is 5.54. The summed E-state index contributed by atoms with van der Waals surface area (Å²) in [5.74, 6) is -0.250. The summed E-state index contributed by atoms with van der Waals surface area (Å²) >= 11 is 0. The second kappa shape index (κ2) is 6.32. The highest BCUT2D eigenvalue weighted by molar-refractivity contribution is 5.67. The van der Waals surface area contributed by atoms with E-state index in [4.69, 9.17) is 15.6 Å². The summed E-state index contributed by atoms with van der Waals surface area (Å²) in [4.78, 5) is 23.6. The number of aliphatic carboxylic acids is 1. The fourth-order valence-corrected chi connectivity index (χ4v) is 4.04. The Balaban J connectivity index is 2.20. The minimum absolute atomic E-state index is 0.0495. The van der Waals surface area contributed by atoms with Crippen LogP contribution in [0.25, 0.3) is 0 Å². The molecule has 3 atom stereocenters. The van der Waals surface area contributed by atoms with E-state index in [1.54, 1.807) is 6.92 Å². The summed E-state index contributed by atoms with van der Waals surface area (Å²) in [6, 6.07) is 0.102. The number of carboxylic acids is 1. The minimum Gasteiger partial charge on any atom is -0.481 e. The number of nitrogens with zero attached hydrogens (tertiary/aromatic N) is 1. The molecule has 1 saturated carbocycles. The molecule has 21 heavy (non-hydrogen) atoms. The van der Waals surface area contributed by atoms with E-state index in [0.717, 1.165) is 12.8 Å². The Hall–Kier alpha value is -1.14. The van der Waals surface area contributed by atoms with Crippen molar-refractivity contribution in [2.75, 3.05) is 19.7 Å². The Bertz CT molecular complexity index is 408. The van der Waals surface area contributed by atoms with Crippen LogP contribution in [-0.4, -0.2) is 53.4 Å². The summed E-state index contributed by atoms with van der Waals surface area (Å²) in [6.07, 6.45) is 2.51. The van der Waals surface area contributed by atoms with Gasteiger partial charge in [-0.05, 0) is 19.3 Å². The first-order valence-electron chi connectivity index (χ1n) is 7.88. The zero-order valence-corrected chi connectivity index (χ0v) is 13.0. The molecule has 6 nitrogen and oxygen atoms in total. The first-order chi connectivity index (χ1) is 9.87. The second-order valence-electron chi connectivity index (χ2n) is 6.79. The fraction of sp³-hybridized carbons (Fsp3) is 0.867. The number of quaternary nitrogens is 1. The Morgan fingerprint density at radius 1 is 1.29 bits per heavy atom. The third-order valence-electron chi connectivity index (χ3n) is 4.92. The van der Waals surface area contributed by atoms with E-state index in [9.17, 15) is 9.59 Å². The number of carbonyl (C=O) groups excluding carboxylic acids is 1. The summed E-state index contributed by atoms with van der Waals surface area (Å²) in [7, 11) is 0. The van der Waals surface area contributed by atoms with Gasteiger partial charge in [-0.2, -0.15) is 4.79 Å². The van der Waals surface area contributed by atoms with E-state index in [2.05, 4.69) is 6.92 Å². The molecule has 1 amide bonds. The SMILES string of the molecule is CCOC(=O)[N+]1(C2CC(C)C2)CC(N)CC(CC(=O)O)C1. The highest BCUT2D eigenvalue weighted by atomic mass is 16.6. The predicted molar refractivity (Wildman–Crippen MR) is 77.5 cm³/mol. The lowest BCUT2D eigenvalue weighted by Crippen LogP contribution is -2.70. The maximum Gasteiger partial charge on any atom is 0.516 e. The average Bonchev–Trinajstić information content (AvgIpc) is 2.33. The molecular formula is C15H27N2O4+. The molecule has 1 aliphatic heterocycles. The van der Waals surface area contributed by atoms with Gasteiger partial charge in [-0.25, -0.2) is 4.48 Å². The maximum absolute atomic E-state index is 12.6. The number of hydrogen-bond donors (Lipinski definition) is 2. The molecule has 0 spiro atoms. The Kier molecular flexibility index (Phi) is 4.88. The third kappa shape index (κ3) is 3.37. The summed E-state index contributed by atoms with van der Waals surface area (Å²) in [5, 5.41) is 9.05. The molecule has 3 N–H and O–H groups in total. The van der Waals surface area contributed by atoms with Gasteiger partial charge in [0.2, 0.25) is 0 Å². The van der Waals surface area contributed by atoms with Crippen LogP contribution in [0.3, 0.4) is 0 Å². The van der Waals surface area contributed by atoms with E-state index in [0.29, 0.717) is 32.0 Å².